The fraction of sp³-hybridized carbons (Fsp3) is 0.440. The lowest BCUT2D eigenvalue weighted by atomic mass is 9.91. The molecule has 0 bridgehead atoms. The first kappa shape index (κ1) is 27.1. The van der Waals surface area contributed by atoms with Crippen LogP contribution in [0.4, 0.5) is 0 Å². The molecule has 180 valence electrons. The van der Waals surface area contributed by atoms with Gasteiger partial charge in [-0.1, -0.05) is 60.7 Å². The molecule has 3 rings (SSSR count). The first-order valence-electron chi connectivity index (χ1n) is 11.3. The molecular weight excluding hydrogens is 529 g/mol. The van der Waals surface area contributed by atoms with Crippen LogP contribution in [-0.4, -0.2) is 88.2 Å². The van der Waals surface area contributed by atoms with Crippen molar-refractivity contribution in [3.63, 3.8) is 0 Å². The van der Waals surface area contributed by atoms with Crippen molar-refractivity contribution in [2.75, 3.05) is 66.6 Å². The number of guanidine groups is 1. The summed E-state index contributed by atoms with van der Waals surface area (Å²) >= 11 is 0. The van der Waals surface area contributed by atoms with Gasteiger partial charge in [0.15, 0.2) is 5.96 Å². The average molecular weight is 566 g/mol. The monoisotopic (exact) mass is 565 g/mol. The maximum absolute atomic E-state index is 12.1. The molecule has 1 saturated heterocycles. The zero-order valence-corrected chi connectivity index (χ0v) is 21.9. The highest BCUT2D eigenvalue weighted by atomic mass is 127. The van der Waals surface area contributed by atoms with Crippen molar-refractivity contribution in [3.05, 3.63) is 71.8 Å². The van der Waals surface area contributed by atoms with Crippen LogP contribution in [-0.2, 0) is 9.53 Å². The molecule has 33 heavy (non-hydrogen) atoms. The minimum absolute atomic E-state index is 0. The number of ether oxygens (including phenoxy) is 1. The predicted molar refractivity (Wildman–Crippen MR) is 144 cm³/mol. The molecule has 1 amide bonds. The molecule has 2 aromatic rings. The largest absolute Gasteiger partial charge is 0.379 e. The zero-order chi connectivity index (χ0) is 22.6. The Labute approximate surface area is 214 Å². The van der Waals surface area contributed by atoms with E-state index >= 15 is 0 Å². The summed E-state index contributed by atoms with van der Waals surface area (Å²) in [6.45, 7) is 5.92. The quantitative estimate of drug-likeness (QED) is 0.278. The molecule has 0 saturated carbocycles. The van der Waals surface area contributed by atoms with Crippen molar-refractivity contribution >= 4 is 35.8 Å². The Kier molecular flexibility index (Phi) is 12.2. The van der Waals surface area contributed by atoms with E-state index in [0.29, 0.717) is 12.5 Å². The van der Waals surface area contributed by atoms with Gasteiger partial charge in [-0.05, 0) is 11.1 Å². The Morgan fingerprint density at radius 2 is 1.58 bits per heavy atom. The van der Waals surface area contributed by atoms with E-state index in [1.807, 2.05) is 12.1 Å². The van der Waals surface area contributed by atoms with E-state index in [4.69, 9.17) is 4.74 Å². The predicted octanol–water partition coefficient (Wildman–Crippen LogP) is 2.39. The molecule has 2 N–H and O–H groups in total. The van der Waals surface area contributed by atoms with Crippen molar-refractivity contribution in [2.24, 2.45) is 4.99 Å². The summed E-state index contributed by atoms with van der Waals surface area (Å²) in [5.74, 6) is 0.806. The molecule has 0 aliphatic carbocycles. The number of likely N-dealkylation sites (N-methyl/N-ethyl adjacent to an activating group) is 1. The molecule has 0 unspecified atom stereocenters. The molecule has 1 heterocycles. The van der Waals surface area contributed by atoms with E-state index in [9.17, 15) is 4.79 Å². The van der Waals surface area contributed by atoms with Crippen LogP contribution < -0.4 is 10.6 Å². The van der Waals surface area contributed by atoms with Gasteiger partial charge in [-0.15, -0.1) is 24.0 Å². The molecular formula is C25H36IN5O2. The lowest BCUT2D eigenvalue weighted by molar-refractivity contribution is -0.127. The van der Waals surface area contributed by atoms with Gasteiger partial charge < -0.3 is 20.3 Å². The summed E-state index contributed by atoms with van der Waals surface area (Å²) in [6, 6.07) is 20.9. The van der Waals surface area contributed by atoms with Crippen LogP contribution in [0.3, 0.4) is 0 Å². The number of hydrogen-bond acceptors (Lipinski definition) is 4. The third-order valence-corrected chi connectivity index (χ3v) is 5.57. The molecule has 1 fully saturated rings. The third kappa shape index (κ3) is 9.30. The van der Waals surface area contributed by atoms with Gasteiger partial charge in [-0.25, -0.2) is 4.99 Å². The number of benzene rings is 2. The smallest absolute Gasteiger partial charge is 0.243 e. The number of hydrogen-bond donors (Lipinski definition) is 2. The number of halogens is 1. The van der Waals surface area contributed by atoms with E-state index in [2.05, 4.69) is 69.1 Å². The van der Waals surface area contributed by atoms with Crippen LogP contribution in [0.2, 0.25) is 0 Å². The number of aliphatic imine (C=N–C) groups is 1. The highest BCUT2D eigenvalue weighted by Gasteiger charge is 2.15. The van der Waals surface area contributed by atoms with Crippen molar-refractivity contribution < 1.29 is 9.53 Å². The standard InChI is InChI=1S/C25H35N5O2.HI/c1-29(2)24(31)20-28-25(26-13-14-30-15-17-32-18-16-30)27-19-23(21-9-5-3-6-10-21)22-11-7-4-8-12-22;/h3-12,23H,13-20H2,1-2H3,(H2,26,27,28);1H. The normalized spacial score (nSPS) is 14.5. The topological polar surface area (TPSA) is 69.2 Å². The first-order valence-corrected chi connectivity index (χ1v) is 11.3. The number of carbonyl (C=O) groups excluding carboxylic acids is 1. The minimum Gasteiger partial charge on any atom is -0.379 e. The van der Waals surface area contributed by atoms with Gasteiger partial charge in [-0.2, -0.15) is 0 Å². The van der Waals surface area contributed by atoms with Crippen LogP contribution in [0.1, 0.15) is 17.0 Å². The van der Waals surface area contributed by atoms with E-state index in [1.165, 1.54) is 11.1 Å². The number of nitrogens with one attached hydrogen (secondary N) is 2. The molecule has 1 aliphatic heterocycles. The van der Waals surface area contributed by atoms with Crippen LogP contribution in [0.25, 0.3) is 0 Å². The highest BCUT2D eigenvalue weighted by molar-refractivity contribution is 14.0. The lowest BCUT2D eigenvalue weighted by Crippen LogP contribution is -2.45. The fourth-order valence-corrected chi connectivity index (χ4v) is 3.62. The number of rotatable bonds is 9. The molecule has 1 aliphatic rings. The van der Waals surface area contributed by atoms with E-state index in [1.54, 1.807) is 19.0 Å². The number of morpholine rings is 1. The van der Waals surface area contributed by atoms with Crippen molar-refractivity contribution in [1.82, 2.24) is 20.4 Å². The molecule has 7 nitrogen and oxygen atoms in total. The summed E-state index contributed by atoms with van der Waals surface area (Å²) in [6.07, 6.45) is 0. The molecule has 8 heteroatoms. The third-order valence-electron chi connectivity index (χ3n) is 5.57. The fourth-order valence-electron chi connectivity index (χ4n) is 3.62. The van der Waals surface area contributed by atoms with Crippen LogP contribution in [0, 0.1) is 0 Å². The van der Waals surface area contributed by atoms with E-state index in [-0.39, 0.29) is 42.3 Å². The molecule has 2 aromatic carbocycles. The van der Waals surface area contributed by atoms with Gasteiger partial charge in [0.05, 0.1) is 13.2 Å². The highest BCUT2D eigenvalue weighted by Crippen LogP contribution is 2.23. The summed E-state index contributed by atoms with van der Waals surface area (Å²) < 4.78 is 5.42. The summed E-state index contributed by atoms with van der Waals surface area (Å²) in [5, 5.41) is 6.88. The Bertz CT molecular complexity index is 803. The van der Waals surface area contributed by atoms with Crippen LogP contribution in [0.15, 0.2) is 65.7 Å². The maximum atomic E-state index is 12.1. The average Bonchev–Trinajstić information content (AvgIpc) is 2.84. The van der Waals surface area contributed by atoms with Gasteiger partial charge >= 0.3 is 0 Å². The number of nitrogens with zero attached hydrogens (tertiary/aromatic N) is 3. The second-order valence-corrected chi connectivity index (χ2v) is 8.09. The van der Waals surface area contributed by atoms with Gasteiger partial charge in [-0.3, -0.25) is 9.69 Å². The molecule has 0 spiro atoms. The zero-order valence-electron chi connectivity index (χ0n) is 19.6. The Morgan fingerprint density at radius 3 is 2.12 bits per heavy atom. The van der Waals surface area contributed by atoms with Gasteiger partial charge in [0, 0.05) is 52.7 Å². The molecule has 0 radical (unpaired) electrons. The second kappa shape index (κ2) is 14.9. The SMILES string of the molecule is CN(C)C(=O)CN=C(NCCN1CCOCC1)NCC(c1ccccc1)c1ccccc1.I. The maximum Gasteiger partial charge on any atom is 0.243 e. The lowest BCUT2D eigenvalue weighted by Gasteiger charge is -2.27. The summed E-state index contributed by atoms with van der Waals surface area (Å²) in [4.78, 5) is 20.6. The molecule has 0 atom stereocenters. The number of amides is 1. The van der Waals surface area contributed by atoms with Crippen LogP contribution >= 0.6 is 24.0 Å². The van der Waals surface area contributed by atoms with E-state index < -0.39 is 0 Å². The van der Waals surface area contributed by atoms with Crippen molar-refractivity contribution in [3.8, 4) is 0 Å². The van der Waals surface area contributed by atoms with Gasteiger partial charge in [0.1, 0.15) is 6.54 Å². The van der Waals surface area contributed by atoms with Crippen LogP contribution in [0.5, 0.6) is 0 Å². The van der Waals surface area contributed by atoms with Crippen molar-refractivity contribution in [1.29, 1.82) is 0 Å². The first-order chi connectivity index (χ1) is 15.6. The second-order valence-electron chi connectivity index (χ2n) is 8.09. The Morgan fingerprint density at radius 1 is 1.00 bits per heavy atom. The van der Waals surface area contributed by atoms with Gasteiger partial charge in [0.2, 0.25) is 5.91 Å². The number of carbonyl (C=O) groups is 1. The minimum atomic E-state index is -0.0260. The Hall–Kier alpha value is -2.17. The van der Waals surface area contributed by atoms with Gasteiger partial charge in [0.25, 0.3) is 0 Å². The van der Waals surface area contributed by atoms with E-state index in [0.717, 1.165) is 39.4 Å². The van der Waals surface area contributed by atoms with Crippen molar-refractivity contribution in [2.45, 2.75) is 5.92 Å². The Balaban J connectivity index is 0.00000385. The summed E-state index contributed by atoms with van der Waals surface area (Å²) in [7, 11) is 3.50. The summed E-state index contributed by atoms with van der Waals surface area (Å²) in [5.41, 5.74) is 2.48. The molecule has 0 aromatic heterocycles.